The molecule has 1 atom stereocenters. The third kappa shape index (κ3) is 7.26. The number of aryl methyl sites for hydroxylation is 1. The molecule has 10 heteroatoms. The van der Waals surface area contributed by atoms with Crippen molar-refractivity contribution >= 4 is 49.6 Å². The third-order valence-electron chi connectivity index (χ3n) is 5.47. The van der Waals surface area contributed by atoms with Crippen LogP contribution in [0.5, 0.6) is 5.75 Å². The van der Waals surface area contributed by atoms with Crippen molar-refractivity contribution in [3.63, 3.8) is 0 Å². The number of nitrogens with zero attached hydrogens (tertiary/aromatic N) is 3. The van der Waals surface area contributed by atoms with Crippen LogP contribution in [-0.2, 0) is 14.3 Å². The summed E-state index contributed by atoms with van der Waals surface area (Å²) in [7, 11) is -0.0541. The first-order valence-corrected chi connectivity index (χ1v) is 14.1. The first kappa shape index (κ1) is 27.5. The molecular formula is C28H29N3O5S2. The highest BCUT2D eigenvalue weighted by molar-refractivity contribution is 7.86. The number of hydrogen-bond donors (Lipinski definition) is 1. The molecule has 38 heavy (non-hydrogen) atoms. The van der Waals surface area contributed by atoms with Crippen LogP contribution >= 0.6 is 11.3 Å². The Balaban J connectivity index is 1.36. The van der Waals surface area contributed by atoms with Gasteiger partial charge in [-0.05, 0) is 61.0 Å². The fraction of sp³-hybridized carbons (Fsp3) is 0.214. The average Bonchev–Trinajstić information content (AvgIpc) is 3.31. The van der Waals surface area contributed by atoms with Crippen molar-refractivity contribution in [1.82, 2.24) is 9.97 Å². The summed E-state index contributed by atoms with van der Waals surface area (Å²) in [4.78, 5) is 11.0. The van der Waals surface area contributed by atoms with Gasteiger partial charge in [0.25, 0.3) is 10.1 Å². The predicted molar refractivity (Wildman–Crippen MR) is 152 cm³/mol. The molecule has 8 nitrogen and oxygen atoms in total. The van der Waals surface area contributed by atoms with Gasteiger partial charge in [-0.25, -0.2) is 9.97 Å². The van der Waals surface area contributed by atoms with Gasteiger partial charge in [0.15, 0.2) is 0 Å². The van der Waals surface area contributed by atoms with Crippen LogP contribution < -0.4 is 9.64 Å². The lowest BCUT2D eigenvalue weighted by atomic mass is 10.2. The van der Waals surface area contributed by atoms with Crippen LogP contribution in [0.1, 0.15) is 16.1 Å². The SMILES string of the molecule is Cc1ccc(S(=O)(=O)OCC(CO)Oc2ccc3nc(/C=C/C=C/c4ccc(N(C)C)nc4)sc3c2)cc1. The topological polar surface area (TPSA) is 102 Å². The maximum Gasteiger partial charge on any atom is 0.297 e. The number of aromatic nitrogens is 2. The zero-order chi connectivity index (χ0) is 27.1. The number of hydrogen-bond acceptors (Lipinski definition) is 9. The number of anilines is 1. The van der Waals surface area contributed by atoms with Crippen molar-refractivity contribution in [2.24, 2.45) is 0 Å². The molecule has 0 aliphatic heterocycles. The Morgan fingerprint density at radius 3 is 2.50 bits per heavy atom. The summed E-state index contributed by atoms with van der Waals surface area (Å²) in [5.41, 5.74) is 2.76. The Hall–Kier alpha value is -3.57. The first-order chi connectivity index (χ1) is 18.2. The summed E-state index contributed by atoms with van der Waals surface area (Å²) in [5, 5.41) is 10.5. The van der Waals surface area contributed by atoms with Crippen molar-refractivity contribution in [1.29, 1.82) is 0 Å². The summed E-state index contributed by atoms with van der Waals surface area (Å²) < 4.78 is 36.7. The summed E-state index contributed by atoms with van der Waals surface area (Å²) >= 11 is 1.49. The zero-order valence-electron chi connectivity index (χ0n) is 21.3. The molecule has 0 spiro atoms. The normalized spacial score (nSPS) is 12.9. The maximum absolute atomic E-state index is 12.4. The fourth-order valence-electron chi connectivity index (χ4n) is 3.39. The van der Waals surface area contributed by atoms with Crippen LogP contribution in [0.4, 0.5) is 5.82 Å². The Morgan fingerprint density at radius 2 is 1.82 bits per heavy atom. The van der Waals surface area contributed by atoms with Gasteiger partial charge >= 0.3 is 0 Å². The minimum Gasteiger partial charge on any atom is -0.486 e. The molecule has 0 amide bonds. The van der Waals surface area contributed by atoms with E-state index in [1.165, 1.54) is 23.5 Å². The summed E-state index contributed by atoms with van der Waals surface area (Å²) in [6.45, 7) is 1.15. The van der Waals surface area contributed by atoms with E-state index in [0.29, 0.717) is 5.75 Å². The smallest absolute Gasteiger partial charge is 0.297 e. The van der Waals surface area contributed by atoms with E-state index in [2.05, 4.69) is 9.97 Å². The van der Waals surface area contributed by atoms with E-state index >= 15 is 0 Å². The van der Waals surface area contributed by atoms with Crippen molar-refractivity contribution in [2.45, 2.75) is 17.9 Å². The minimum atomic E-state index is -3.96. The highest BCUT2D eigenvalue weighted by atomic mass is 32.2. The van der Waals surface area contributed by atoms with Crippen molar-refractivity contribution < 1.29 is 22.4 Å². The second-order valence-electron chi connectivity index (χ2n) is 8.72. The molecule has 2 aromatic heterocycles. The first-order valence-electron chi connectivity index (χ1n) is 11.9. The Kier molecular flexibility index (Phi) is 8.90. The lowest BCUT2D eigenvalue weighted by Crippen LogP contribution is -2.28. The van der Waals surface area contributed by atoms with Gasteiger partial charge in [-0.2, -0.15) is 8.42 Å². The Morgan fingerprint density at radius 1 is 1.05 bits per heavy atom. The molecule has 0 saturated heterocycles. The third-order valence-corrected chi connectivity index (χ3v) is 7.75. The van der Waals surface area contributed by atoms with Crippen molar-refractivity contribution in [2.75, 3.05) is 32.2 Å². The van der Waals surface area contributed by atoms with E-state index < -0.39 is 22.8 Å². The molecule has 0 bridgehead atoms. The van der Waals surface area contributed by atoms with Crippen LogP contribution in [0, 0.1) is 6.92 Å². The van der Waals surface area contributed by atoms with Gasteiger partial charge < -0.3 is 14.7 Å². The predicted octanol–water partition coefficient (Wildman–Crippen LogP) is 4.94. The molecule has 4 aromatic rings. The molecule has 0 aliphatic rings. The molecule has 4 rings (SSSR count). The zero-order valence-corrected chi connectivity index (χ0v) is 22.9. The molecule has 2 aromatic carbocycles. The Labute approximate surface area is 226 Å². The number of aliphatic hydroxyl groups excluding tert-OH is 1. The van der Waals surface area contributed by atoms with E-state index in [1.54, 1.807) is 18.2 Å². The average molecular weight is 552 g/mol. The number of benzene rings is 2. The van der Waals surface area contributed by atoms with E-state index in [0.717, 1.165) is 32.2 Å². The molecular weight excluding hydrogens is 522 g/mol. The van der Waals surface area contributed by atoms with Crippen LogP contribution in [-0.4, -0.2) is 56.9 Å². The van der Waals surface area contributed by atoms with Gasteiger partial charge in [-0.3, -0.25) is 4.18 Å². The minimum absolute atomic E-state index is 0.0557. The summed E-state index contributed by atoms with van der Waals surface area (Å²) in [6, 6.07) is 15.7. The van der Waals surface area contributed by atoms with E-state index in [9.17, 15) is 13.5 Å². The number of allylic oxidation sites excluding steroid dienone is 2. The van der Waals surface area contributed by atoms with Gasteiger partial charge in [0, 0.05) is 20.3 Å². The number of ether oxygens (including phenoxy) is 1. The fourth-order valence-corrected chi connectivity index (χ4v) is 5.23. The monoisotopic (exact) mass is 551 g/mol. The standard InChI is InChI=1S/C28H29N3O5S2/c1-20-8-12-24(13-9-20)38(33,34)35-19-23(18-32)36-22-11-14-25-26(16-22)37-28(30-25)7-5-4-6-21-10-15-27(29-17-21)31(2)3/h4-17,23,32H,18-19H2,1-3H3/b6-4+,7-5+. The number of thiazole rings is 1. The molecule has 0 saturated carbocycles. The van der Waals surface area contributed by atoms with E-state index in [1.807, 2.05) is 80.7 Å². The number of fused-ring (bicyclic) bond motifs is 1. The highest BCUT2D eigenvalue weighted by Gasteiger charge is 2.19. The number of aliphatic hydroxyl groups is 1. The molecule has 198 valence electrons. The van der Waals surface area contributed by atoms with Gasteiger partial charge in [-0.1, -0.05) is 35.9 Å². The van der Waals surface area contributed by atoms with Gasteiger partial charge in [0.2, 0.25) is 0 Å². The van der Waals surface area contributed by atoms with Crippen molar-refractivity contribution in [3.8, 4) is 5.75 Å². The quantitative estimate of drug-likeness (QED) is 0.207. The lowest BCUT2D eigenvalue weighted by molar-refractivity contribution is 0.0742. The van der Waals surface area contributed by atoms with Crippen LogP contribution in [0.15, 0.2) is 77.8 Å². The van der Waals surface area contributed by atoms with Crippen LogP contribution in [0.2, 0.25) is 0 Å². The maximum atomic E-state index is 12.4. The molecule has 2 heterocycles. The summed E-state index contributed by atoms with van der Waals surface area (Å²) in [5.74, 6) is 1.39. The van der Waals surface area contributed by atoms with Gasteiger partial charge in [0.05, 0.1) is 21.7 Å². The van der Waals surface area contributed by atoms with Crippen LogP contribution in [0.25, 0.3) is 22.4 Å². The lowest BCUT2D eigenvalue weighted by Gasteiger charge is -2.17. The van der Waals surface area contributed by atoms with Crippen LogP contribution in [0.3, 0.4) is 0 Å². The molecule has 0 radical (unpaired) electrons. The number of rotatable bonds is 11. The Bertz CT molecular complexity index is 1530. The van der Waals surface area contributed by atoms with E-state index in [-0.39, 0.29) is 11.5 Å². The van der Waals surface area contributed by atoms with E-state index in [4.69, 9.17) is 8.92 Å². The second-order valence-corrected chi connectivity index (χ2v) is 11.4. The highest BCUT2D eigenvalue weighted by Crippen LogP contribution is 2.28. The largest absolute Gasteiger partial charge is 0.486 e. The molecule has 0 aliphatic carbocycles. The molecule has 0 fully saturated rings. The van der Waals surface area contributed by atoms with Gasteiger partial charge in [-0.15, -0.1) is 11.3 Å². The molecule has 1 N–H and O–H groups in total. The summed E-state index contributed by atoms with van der Waals surface area (Å²) in [6.07, 6.45) is 8.71. The van der Waals surface area contributed by atoms with Crippen molar-refractivity contribution in [3.05, 3.63) is 89.1 Å². The second kappa shape index (κ2) is 12.3. The molecule has 1 unspecified atom stereocenters. The number of pyridine rings is 1. The van der Waals surface area contributed by atoms with Gasteiger partial charge in [0.1, 0.15) is 29.3 Å².